The number of rotatable bonds is 7. The van der Waals surface area contributed by atoms with Gasteiger partial charge in [-0.25, -0.2) is 14.6 Å². The first-order chi connectivity index (χ1) is 14.3. The molecule has 1 N–H and O–H groups in total. The van der Waals surface area contributed by atoms with Crippen LogP contribution in [0.15, 0.2) is 28.0 Å². The van der Waals surface area contributed by atoms with Gasteiger partial charge in [-0.2, -0.15) is 0 Å². The standard InChI is InChI=1S/C19H23N5O6/c1-22-16-15(17(25)23(2)19(22)27)24(10-21-16)7-6-20-12-9-14(29-4)13(28-3)8-11(12)18(26)30-5/h8-10,20H,6-7H2,1-5H3. The summed E-state index contributed by atoms with van der Waals surface area (Å²) in [6.45, 7) is 0.718. The molecule has 0 aliphatic heterocycles. The fourth-order valence-corrected chi connectivity index (χ4v) is 3.18. The highest BCUT2D eigenvalue weighted by atomic mass is 16.5. The zero-order valence-electron chi connectivity index (χ0n) is 17.4. The molecule has 0 spiro atoms. The Morgan fingerprint density at radius 1 is 1.07 bits per heavy atom. The monoisotopic (exact) mass is 417 g/mol. The van der Waals surface area contributed by atoms with Crippen molar-refractivity contribution >= 4 is 22.8 Å². The van der Waals surface area contributed by atoms with E-state index in [9.17, 15) is 14.4 Å². The Kier molecular flexibility index (Phi) is 5.81. The number of aromatic nitrogens is 4. The Morgan fingerprint density at radius 2 is 1.73 bits per heavy atom. The third-order valence-electron chi connectivity index (χ3n) is 4.81. The Labute approximate surface area is 171 Å². The molecule has 160 valence electrons. The van der Waals surface area contributed by atoms with Gasteiger partial charge in [0.2, 0.25) is 0 Å². The van der Waals surface area contributed by atoms with Crippen LogP contribution in [-0.4, -0.2) is 52.5 Å². The van der Waals surface area contributed by atoms with Crippen LogP contribution in [0.5, 0.6) is 11.5 Å². The lowest BCUT2D eigenvalue weighted by atomic mass is 10.1. The molecule has 0 saturated carbocycles. The largest absolute Gasteiger partial charge is 0.493 e. The lowest BCUT2D eigenvalue weighted by Crippen LogP contribution is -2.37. The average Bonchev–Trinajstić information content (AvgIpc) is 3.19. The number of ether oxygens (including phenoxy) is 3. The Bertz CT molecular complexity index is 1220. The van der Waals surface area contributed by atoms with Crippen molar-refractivity contribution in [2.24, 2.45) is 14.1 Å². The maximum absolute atomic E-state index is 12.5. The van der Waals surface area contributed by atoms with E-state index in [1.165, 1.54) is 45.3 Å². The van der Waals surface area contributed by atoms with E-state index in [2.05, 4.69) is 10.3 Å². The molecule has 2 aromatic heterocycles. The van der Waals surface area contributed by atoms with Crippen molar-refractivity contribution in [2.45, 2.75) is 6.54 Å². The number of esters is 1. The zero-order chi connectivity index (χ0) is 22.0. The van der Waals surface area contributed by atoms with Crippen molar-refractivity contribution in [1.82, 2.24) is 18.7 Å². The zero-order valence-corrected chi connectivity index (χ0v) is 17.4. The van der Waals surface area contributed by atoms with Crippen molar-refractivity contribution < 1.29 is 19.0 Å². The molecule has 11 nitrogen and oxygen atoms in total. The minimum Gasteiger partial charge on any atom is -0.493 e. The van der Waals surface area contributed by atoms with Gasteiger partial charge >= 0.3 is 11.7 Å². The van der Waals surface area contributed by atoms with Crippen LogP contribution in [-0.2, 0) is 25.4 Å². The van der Waals surface area contributed by atoms with Gasteiger partial charge in [0, 0.05) is 39.3 Å². The molecule has 0 aliphatic rings. The first-order valence-electron chi connectivity index (χ1n) is 9.03. The minimum absolute atomic E-state index is 0.281. The van der Waals surface area contributed by atoms with E-state index in [0.717, 1.165) is 4.57 Å². The van der Waals surface area contributed by atoms with Crippen LogP contribution >= 0.6 is 0 Å². The van der Waals surface area contributed by atoms with Crippen LogP contribution in [0.4, 0.5) is 5.69 Å². The third kappa shape index (κ3) is 3.49. The number of nitrogens with zero attached hydrogens (tertiary/aromatic N) is 4. The smallest absolute Gasteiger partial charge is 0.340 e. The van der Waals surface area contributed by atoms with Crippen molar-refractivity contribution in [1.29, 1.82) is 0 Å². The van der Waals surface area contributed by atoms with Crippen LogP contribution in [0.3, 0.4) is 0 Å². The van der Waals surface area contributed by atoms with Gasteiger partial charge in [0.25, 0.3) is 5.56 Å². The molecular weight excluding hydrogens is 394 g/mol. The van der Waals surface area contributed by atoms with Crippen LogP contribution in [0.1, 0.15) is 10.4 Å². The van der Waals surface area contributed by atoms with E-state index in [4.69, 9.17) is 14.2 Å². The first-order valence-corrected chi connectivity index (χ1v) is 9.03. The summed E-state index contributed by atoms with van der Waals surface area (Å²) in [5, 5.41) is 3.16. The molecule has 3 aromatic rings. The molecule has 2 heterocycles. The maximum Gasteiger partial charge on any atom is 0.340 e. The topological polar surface area (TPSA) is 119 Å². The van der Waals surface area contributed by atoms with Gasteiger partial charge in [-0.1, -0.05) is 0 Å². The molecule has 0 unspecified atom stereocenters. The van der Waals surface area contributed by atoms with E-state index in [1.54, 1.807) is 17.7 Å². The highest BCUT2D eigenvalue weighted by Crippen LogP contribution is 2.33. The molecular formula is C19H23N5O6. The third-order valence-corrected chi connectivity index (χ3v) is 4.81. The molecule has 11 heteroatoms. The highest BCUT2D eigenvalue weighted by Gasteiger charge is 2.18. The van der Waals surface area contributed by atoms with Gasteiger partial charge in [0.1, 0.15) is 0 Å². The molecule has 3 rings (SSSR count). The summed E-state index contributed by atoms with van der Waals surface area (Å²) in [5.41, 5.74) is 0.537. The summed E-state index contributed by atoms with van der Waals surface area (Å²) >= 11 is 0. The van der Waals surface area contributed by atoms with E-state index in [1.807, 2.05) is 0 Å². The van der Waals surface area contributed by atoms with Crippen molar-refractivity contribution in [2.75, 3.05) is 33.2 Å². The van der Waals surface area contributed by atoms with E-state index >= 15 is 0 Å². The fourth-order valence-electron chi connectivity index (χ4n) is 3.18. The number of aryl methyl sites for hydroxylation is 1. The maximum atomic E-state index is 12.5. The SMILES string of the molecule is COC(=O)c1cc(OC)c(OC)cc1NCCn1cnc2c1c(=O)n(C)c(=O)n2C. The van der Waals surface area contributed by atoms with Crippen LogP contribution in [0, 0.1) is 0 Å². The van der Waals surface area contributed by atoms with Gasteiger partial charge in [-0.05, 0) is 0 Å². The highest BCUT2D eigenvalue weighted by molar-refractivity contribution is 5.96. The summed E-state index contributed by atoms with van der Waals surface area (Å²) in [7, 11) is 7.25. The summed E-state index contributed by atoms with van der Waals surface area (Å²) in [4.78, 5) is 40.9. The Balaban J connectivity index is 1.91. The number of anilines is 1. The predicted octanol–water partition coefficient (Wildman–Crippen LogP) is 0.350. The number of hydrogen-bond acceptors (Lipinski definition) is 8. The minimum atomic E-state index is -0.532. The van der Waals surface area contributed by atoms with Crippen molar-refractivity contribution in [3.63, 3.8) is 0 Å². The second kappa shape index (κ2) is 8.31. The summed E-state index contributed by atoms with van der Waals surface area (Å²) < 4.78 is 19.4. The number of carbonyl (C=O) groups excluding carboxylic acids is 1. The van der Waals surface area contributed by atoms with Gasteiger partial charge < -0.3 is 24.1 Å². The average molecular weight is 417 g/mol. The second-order valence-corrected chi connectivity index (χ2v) is 6.49. The number of nitrogens with one attached hydrogen (secondary N) is 1. The number of imidazole rings is 1. The van der Waals surface area contributed by atoms with Gasteiger partial charge in [0.15, 0.2) is 22.7 Å². The lowest BCUT2D eigenvalue weighted by Gasteiger charge is -2.15. The molecule has 0 saturated heterocycles. The molecule has 0 bridgehead atoms. The predicted molar refractivity (Wildman–Crippen MR) is 110 cm³/mol. The number of methoxy groups -OCH3 is 3. The second-order valence-electron chi connectivity index (χ2n) is 6.49. The van der Waals surface area contributed by atoms with Crippen LogP contribution in [0.2, 0.25) is 0 Å². The Morgan fingerprint density at radius 3 is 2.37 bits per heavy atom. The molecule has 30 heavy (non-hydrogen) atoms. The van der Waals surface area contributed by atoms with Crippen LogP contribution in [0.25, 0.3) is 11.2 Å². The molecule has 0 aliphatic carbocycles. The summed E-state index contributed by atoms with van der Waals surface area (Å²) in [6.07, 6.45) is 1.50. The molecule has 0 radical (unpaired) electrons. The van der Waals surface area contributed by atoms with E-state index < -0.39 is 17.2 Å². The summed E-state index contributed by atoms with van der Waals surface area (Å²) in [5.74, 6) is 0.313. The fraction of sp³-hybridized carbons (Fsp3) is 0.368. The van der Waals surface area contributed by atoms with E-state index in [-0.39, 0.29) is 5.56 Å². The molecule has 0 fully saturated rings. The number of fused-ring (bicyclic) bond motifs is 1. The molecule has 1 aromatic carbocycles. The van der Waals surface area contributed by atoms with Gasteiger partial charge in [-0.3, -0.25) is 13.9 Å². The Hall–Kier alpha value is -3.76. The number of carbonyl (C=O) groups is 1. The lowest BCUT2D eigenvalue weighted by molar-refractivity contribution is 0.0601. The summed E-state index contributed by atoms with van der Waals surface area (Å²) in [6, 6.07) is 3.17. The first kappa shape index (κ1) is 21.0. The normalized spacial score (nSPS) is 10.8. The van der Waals surface area contributed by atoms with Crippen LogP contribution < -0.4 is 26.0 Å². The van der Waals surface area contributed by atoms with E-state index in [0.29, 0.717) is 41.4 Å². The number of hydrogen-bond donors (Lipinski definition) is 1. The van der Waals surface area contributed by atoms with Crippen molar-refractivity contribution in [3.05, 3.63) is 44.9 Å². The number of benzene rings is 1. The molecule has 0 atom stereocenters. The molecule has 0 amide bonds. The van der Waals surface area contributed by atoms with Gasteiger partial charge in [-0.15, -0.1) is 0 Å². The van der Waals surface area contributed by atoms with Crippen molar-refractivity contribution in [3.8, 4) is 11.5 Å². The van der Waals surface area contributed by atoms with Gasteiger partial charge in [0.05, 0.1) is 38.9 Å². The quantitative estimate of drug-likeness (QED) is 0.547.